The van der Waals surface area contributed by atoms with Crippen LogP contribution in [0.5, 0.6) is 0 Å². The van der Waals surface area contributed by atoms with Crippen molar-refractivity contribution in [1.82, 2.24) is 0 Å². The van der Waals surface area contributed by atoms with Crippen LogP contribution in [-0.2, 0) is 0 Å². The highest BCUT2D eigenvalue weighted by molar-refractivity contribution is 5.30. The van der Waals surface area contributed by atoms with Crippen LogP contribution in [0.1, 0.15) is 48.0 Å². The van der Waals surface area contributed by atoms with Gasteiger partial charge in [0.2, 0.25) is 0 Å². The molecule has 2 fully saturated rings. The maximum Gasteiger partial charge on any atom is -0.0138 e. The Morgan fingerprint density at radius 3 is 1.17 bits per heavy atom. The molecule has 0 N–H and O–H groups in total. The van der Waals surface area contributed by atoms with Gasteiger partial charge in [-0.3, -0.25) is 0 Å². The summed E-state index contributed by atoms with van der Waals surface area (Å²) in [4.78, 5) is 0. The summed E-state index contributed by atoms with van der Waals surface area (Å²) in [6.45, 7) is 14.5. The maximum absolute atomic E-state index is 2.42. The summed E-state index contributed by atoms with van der Waals surface area (Å²) < 4.78 is 0. The predicted octanol–water partition coefficient (Wildman–Crippen LogP) is 3.71. The first-order valence-corrected chi connectivity index (χ1v) is 5.23. The van der Waals surface area contributed by atoms with E-state index in [9.17, 15) is 0 Å². The Labute approximate surface area is 76.7 Å². The van der Waals surface area contributed by atoms with Gasteiger partial charge < -0.3 is 0 Å². The Morgan fingerprint density at radius 1 is 0.833 bits per heavy atom. The molecule has 0 aliphatic heterocycles. The summed E-state index contributed by atoms with van der Waals surface area (Å²) in [6.07, 6.45) is 1.52. The molecular weight excluding hydrogens is 144 g/mol. The molecule has 0 aromatic heterocycles. The fraction of sp³-hybridized carbons (Fsp3) is 1.00. The van der Waals surface area contributed by atoms with Gasteiger partial charge in [0.25, 0.3) is 0 Å². The van der Waals surface area contributed by atoms with Crippen molar-refractivity contribution in [2.24, 2.45) is 28.1 Å². The van der Waals surface area contributed by atoms with Gasteiger partial charge in [-0.25, -0.2) is 0 Å². The fourth-order valence-electron chi connectivity index (χ4n) is 4.29. The van der Waals surface area contributed by atoms with E-state index in [1.807, 2.05) is 0 Å². The minimum atomic E-state index is 0.513. The van der Waals surface area contributed by atoms with E-state index in [1.54, 1.807) is 0 Å². The molecule has 2 aliphatic rings. The van der Waals surface area contributed by atoms with Gasteiger partial charge >= 0.3 is 0 Å². The standard InChI is InChI=1S/C12H22/c1-10(2,3)12(11(4,5)6)8-7-9(8)12/h8-9H,7H2,1-6H3/t8-,9+. The van der Waals surface area contributed by atoms with E-state index < -0.39 is 0 Å². The first-order valence-electron chi connectivity index (χ1n) is 5.23. The molecule has 70 valence electrons. The van der Waals surface area contributed by atoms with Crippen LogP contribution in [0.4, 0.5) is 0 Å². The van der Waals surface area contributed by atoms with Gasteiger partial charge in [0.15, 0.2) is 0 Å². The second-order valence-electron chi connectivity index (χ2n) is 6.82. The lowest BCUT2D eigenvalue weighted by molar-refractivity contribution is 0.0176. The Morgan fingerprint density at radius 2 is 1.17 bits per heavy atom. The van der Waals surface area contributed by atoms with E-state index in [2.05, 4.69) is 41.5 Å². The van der Waals surface area contributed by atoms with Crippen molar-refractivity contribution in [3.8, 4) is 0 Å². The summed E-state index contributed by atoms with van der Waals surface area (Å²) in [6, 6.07) is 0. The minimum Gasteiger partial charge on any atom is -0.0596 e. The second kappa shape index (κ2) is 1.76. The Balaban J connectivity index is 2.29. The van der Waals surface area contributed by atoms with Gasteiger partial charge in [-0.15, -0.1) is 0 Å². The smallest absolute Gasteiger partial charge is 0.0138 e. The Kier molecular flexibility index (Phi) is 1.26. The highest BCUT2D eigenvalue weighted by atomic mass is 14.9. The van der Waals surface area contributed by atoms with Crippen LogP contribution < -0.4 is 0 Å². The molecule has 0 spiro atoms. The predicted molar refractivity (Wildman–Crippen MR) is 52.9 cm³/mol. The molecule has 0 aromatic rings. The van der Waals surface area contributed by atoms with Crippen LogP contribution in [0.2, 0.25) is 0 Å². The molecule has 2 rings (SSSR count). The highest BCUT2D eigenvalue weighted by Crippen LogP contribution is 2.88. The van der Waals surface area contributed by atoms with Crippen LogP contribution in [0.25, 0.3) is 0 Å². The second-order valence-corrected chi connectivity index (χ2v) is 6.82. The van der Waals surface area contributed by atoms with Crippen molar-refractivity contribution in [3.63, 3.8) is 0 Å². The highest BCUT2D eigenvalue weighted by Gasteiger charge is 2.83. The summed E-state index contributed by atoms with van der Waals surface area (Å²) in [7, 11) is 0. The largest absolute Gasteiger partial charge is 0.0596 e. The van der Waals surface area contributed by atoms with E-state index in [1.165, 1.54) is 6.42 Å². The van der Waals surface area contributed by atoms with Gasteiger partial charge in [0.05, 0.1) is 0 Å². The van der Waals surface area contributed by atoms with E-state index in [0.29, 0.717) is 16.2 Å². The molecular formula is C12H22. The molecule has 0 radical (unpaired) electrons. The molecule has 0 saturated heterocycles. The summed E-state index contributed by atoms with van der Waals surface area (Å²) in [5, 5.41) is 0. The van der Waals surface area contributed by atoms with Crippen LogP contribution in [0, 0.1) is 28.1 Å². The number of hydrogen-bond acceptors (Lipinski definition) is 0. The number of hydrogen-bond donors (Lipinski definition) is 0. The van der Waals surface area contributed by atoms with E-state index in [-0.39, 0.29) is 0 Å². The molecule has 2 atom stereocenters. The molecule has 0 unspecified atom stereocenters. The summed E-state index contributed by atoms with van der Waals surface area (Å²) >= 11 is 0. The van der Waals surface area contributed by atoms with Crippen molar-refractivity contribution < 1.29 is 0 Å². The molecule has 2 saturated carbocycles. The van der Waals surface area contributed by atoms with E-state index >= 15 is 0 Å². The van der Waals surface area contributed by atoms with Gasteiger partial charge in [-0.05, 0) is 34.5 Å². The summed E-state index contributed by atoms with van der Waals surface area (Å²) in [5.41, 5.74) is 1.71. The molecule has 0 heterocycles. The Hall–Kier alpha value is 0. The maximum atomic E-state index is 2.42. The van der Waals surface area contributed by atoms with Crippen molar-refractivity contribution in [3.05, 3.63) is 0 Å². The molecule has 0 heteroatoms. The van der Waals surface area contributed by atoms with Gasteiger partial charge in [-0.2, -0.15) is 0 Å². The Bertz CT molecular complexity index is 187. The quantitative estimate of drug-likeness (QED) is 0.514. The topological polar surface area (TPSA) is 0 Å². The zero-order valence-electron chi connectivity index (χ0n) is 9.36. The molecule has 0 bridgehead atoms. The van der Waals surface area contributed by atoms with Crippen molar-refractivity contribution in [2.75, 3.05) is 0 Å². The molecule has 0 aromatic carbocycles. The molecule has 12 heavy (non-hydrogen) atoms. The van der Waals surface area contributed by atoms with Crippen molar-refractivity contribution >= 4 is 0 Å². The average molecular weight is 166 g/mol. The average Bonchev–Trinajstić information content (AvgIpc) is 2.29. The van der Waals surface area contributed by atoms with Crippen molar-refractivity contribution in [1.29, 1.82) is 0 Å². The third kappa shape index (κ3) is 0.701. The number of rotatable bonds is 0. The van der Waals surface area contributed by atoms with Crippen LogP contribution in [-0.4, -0.2) is 0 Å². The van der Waals surface area contributed by atoms with E-state index in [4.69, 9.17) is 0 Å². The SMILES string of the molecule is CC(C)(C)C1(C(C)(C)C)[C@@H]2C[C@@H]21. The van der Waals surface area contributed by atoms with Crippen LogP contribution in [0.15, 0.2) is 0 Å². The lowest BCUT2D eigenvalue weighted by atomic mass is 9.58. The minimum absolute atomic E-state index is 0.513. The van der Waals surface area contributed by atoms with Gasteiger partial charge in [0, 0.05) is 0 Å². The summed E-state index contributed by atoms with van der Waals surface area (Å²) in [5.74, 6) is 2.16. The third-order valence-corrected chi connectivity index (χ3v) is 4.33. The normalized spacial score (nSPS) is 37.5. The monoisotopic (exact) mass is 166 g/mol. The first kappa shape index (κ1) is 8.59. The van der Waals surface area contributed by atoms with Crippen LogP contribution in [0.3, 0.4) is 0 Å². The lowest BCUT2D eigenvalue weighted by Gasteiger charge is -2.46. The molecule has 0 amide bonds. The lowest BCUT2D eigenvalue weighted by Crippen LogP contribution is -2.40. The number of fused-ring (bicyclic) bond motifs is 1. The van der Waals surface area contributed by atoms with E-state index in [0.717, 1.165) is 11.8 Å². The fourth-order valence-corrected chi connectivity index (χ4v) is 4.29. The van der Waals surface area contributed by atoms with Gasteiger partial charge in [-0.1, -0.05) is 41.5 Å². The first-order chi connectivity index (χ1) is 5.23. The zero-order valence-corrected chi connectivity index (χ0v) is 9.36. The molecule has 0 nitrogen and oxygen atoms in total. The van der Waals surface area contributed by atoms with Gasteiger partial charge in [0.1, 0.15) is 0 Å². The molecule has 2 aliphatic carbocycles. The van der Waals surface area contributed by atoms with Crippen LogP contribution >= 0.6 is 0 Å². The zero-order chi connectivity index (χ0) is 9.36. The third-order valence-electron chi connectivity index (χ3n) is 4.33. The van der Waals surface area contributed by atoms with Crippen molar-refractivity contribution in [2.45, 2.75) is 48.0 Å².